The number of rotatable bonds is 5. The molecular formula is C42H60N2O4. The summed E-state index contributed by atoms with van der Waals surface area (Å²) in [6, 6.07) is 0. The van der Waals surface area contributed by atoms with E-state index >= 15 is 0 Å². The van der Waals surface area contributed by atoms with Crippen LogP contribution in [0.4, 0.5) is 0 Å². The Morgan fingerprint density at radius 3 is 2.29 bits per heavy atom. The van der Waals surface area contributed by atoms with E-state index in [1.165, 1.54) is 24.8 Å². The number of amides is 2. The average Bonchev–Trinajstić information content (AvgIpc) is 3.00. The van der Waals surface area contributed by atoms with Crippen molar-refractivity contribution in [2.24, 2.45) is 51.2 Å². The van der Waals surface area contributed by atoms with Crippen LogP contribution in [0.5, 0.6) is 0 Å². The van der Waals surface area contributed by atoms with E-state index in [0.717, 1.165) is 86.7 Å². The first kappa shape index (κ1) is 33.8. The number of hydrogen-bond acceptors (Lipinski definition) is 4. The van der Waals surface area contributed by atoms with E-state index in [-0.39, 0.29) is 45.1 Å². The molecule has 262 valence electrons. The van der Waals surface area contributed by atoms with Gasteiger partial charge in [-0.15, -0.1) is 0 Å². The molecule has 2 bridgehead atoms. The first-order valence-electron chi connectivity index (χ1n) is 19.2. The molecule has 5 fully saturated rings. The number of nitrogens with one attached hydrogen (secondary N) is 2. The van der Waals surface area contributed by atoms with Crippen molar-refractivity contribution in [2.75, 3.05) is 6.54 Å². The third-order valence-corrected chi connectivity index (χ3v) is 15.3. The highest BCUT2D eigenvalue weighted by Crippen LogP contribution is 2.70. The average molecular weight is 657 g/mol. The van der Waals surface area contributed by atoms with E-state index in [1.807, 2.05) is 6.92 Å². The van der Waals surface area contributed by atoms with Gasteiger partial charge in [0.1, 0.15) is 0 Å². The van der Waals surface area contributed by atoms with E-state index in [1.54, 1.807) is 6.08 Å². The minimum atomic E-state index is -0.449. The maximum Gasteiger partial charge on any atom is 0.225 e. The molecule has 0 spiro atoms. The SMILES string of the molecule is CC1=C(O)C(=O)C=C2C1=CC=C1C2(C)CCC2C3CC(C)(C(=O)NCCC(=O)NC4(C)CC5CC(C)CC(C5)C4)CCC3(C)CCC12C. The molecule has 0 aliphatic heterocycles. The minimum Gasteiger partial charge on any atom is -0.504 e. The highest BCUT2D eigenvalue weighted by molar-refractivity contribution is 6.06. The lowest BCUT2D eigenvalue weighted by Gasteiger charge is -2.65. The Balaban J connectivity index is 1.02. The number of aliphatic hydroxyl groups is 1. The molecule has 0 heterocycles. The van der Waals surface area contributed by atoms with E-state index in [9.17, 15) is 19.5 Å². The summed E-state index contributed by atoms with van der Waals surface area (Å²) in [7, 11) is 0. The maximum absolute atomic E-state index is 13.9. The van der Waals surface area contributed by atoms with Crippen molar-refractivity contribution in [2.45, 2.75) is 137 Å². The van der Waals surface area contributed by atoms with Crippen LogP contribution in [-0.4, -0.2) is 34.8 Å². The van der Waals surface area contributed by atoms with E-state index in [0.29, 0.717) is 30.4 Å². The summed E-state index contributed by atoms with van der Waals surface area (Å²) in [5.41, 5.74) is 3.58. The maximum atomic E-state index is 13.9. The number of carbonyl (C=O) groups is 3. The molecule has 6 heteroatoms. The van der Waals surface area contributed by atoms with Gasteiger partial charge in [-0.1, -0.05) is 52.3 Å². The van der Waals surface area contributed by atoms with Crippen LogP contribution in [0, 0.1) is 51.2 Å². The van der Waals surface area contributed by atoms with Gasteiger partial charge in [0.15, 0.2) is 5.76 Å². The topological polar surface area (TPSA) is 95.5 Å². The Labute approximate surface area is 288 Å². The number of hydrogen-bond donors (Lipinski definition) is 3. The lowest BCUT2D eigenvalue weighted by Crippen LogP contribution is -2.57. The molecular weight excluding hydrogens is 596 g/mol. The van der Waals surface area contributed by atoms with Crippen molar-refractivity contribution in [3.63, 3.8) is 0 Å². The number of fused-ring (bicyclic) bond motifs is 9. The molecule has 8 atom stereocenters. The normalized spacial score (nSPS) is 44.9. The molecule has 0 aromatic carbocycles. The molecule has 2 amide bonds. The lowest BCUT2D eigenvalue weighted by molar-refractivity contribution is -0.144. The smallest absolute Gasteiger partial charge is 0.225 e. The molecule has 7 aliphatic rings. The molecule has 0 aromatic rings. The molecule has 0 radical (unpaired) electrons. The summed E-state index contributed by atoms with van der Waals surface area (Å²) >= 11 is 0. The quantitative estimate of drug-likeness (QED) is 0.277. The Morgan fingerprint density at radius 1 is 0.896 bits per heavy atom. The third-order valence-electron chi connectivity index (χ3n) is 15.3. The molecule has 0 saturated heterocycles. The summed E-state index contributed by atoms with van der Waals surface area (Å²) < 4.78 is 0. The standard InChI is InChI=1S/C42H60N2O4/c1-25-18-27-20-28(19-25)23-40(5,22-27)44-35(46)11-17-43-37(48)39(4)14-13-38(3)15-16-42(7)30(32(38)24-39)10-12-41(6)31-21-33(45)36(47)26(2)29(31)8-9-34(41)42/h8-9,21,25,27-28,30,32,47H,10-20,22-24H2,1-7H3,(H,43,48)(H,44,46). The van der Waals surface area contributed by atoms with Crippen molar-refractivity contribution in [3.8, 4) is 0 Å². The van der Waals surface area contributed by atoms with Crippen LogP contribution in [0.15, 0.2) is 46.3 Å². The van der Waals surface area contributed by atoms with Crippen LogP contribution in [0.25, 0.3) is 0 Å². The molecule has 6 nitrogen and oxygen atoms in total. The summed E-state index contributed by atoms with van der Waals surface area (Å²) in [5.74, 6) is 2.91. The van der Waals surface area contributed by atoms with E-state index in [2.05, 4.69) is 64.3 Å². The zero-order valence-corrected chi connectivity index (χ0v) is 30.7. The Bertz CT molecular complexity index is 1530. The van der Waals surface area contributed by atoms with Crippen LogP contribution >= 0.6 is 0 Å². The number of ketones is 1. The summed E-state index contributed by atoms with van der Waals surface area (Å²) in [5, 5.41) is 17.0. The second-order valence-electron chi connectivity index (χ2n) is 19.0. The molecule has 0 aromatic heterocycles. The predicted molar refractivity (Wildman–Crippen MR) is 190 cm³/mol. The van der Waals surface area contributed by atoms with E-state index in [4.69, 9.17) is 0 Å². The fraction of sp³-hybridized carbons (Fsp3) is 0.738. The Kier molecular flexibility index (Phi) is 8.08. The van der Waals surface area contributed by atoms with Gasteiger partial charge in [-0.25, -0.2) is 0 Å². The van der Waals surface area contributed by atoms with E-state index < -0.39 is 5.41 Å². The van der Waals surface area contributed by atoms with Crippen LogP contribution in [0.3, 0.4) is 0 Å². The number of allylic oxidation sites excluding steroid dienone is 7. The second kappa shape index (κ2) is 11.5. The highest BCUT2D eigenvalue weighted by atomic mass is 16.3. The van der Waals surface area contributed by atoms with Gasteiger partial charge >= 0.3 is 0 Å². The van der Waals surface area contributed by atoms with Crippen LogP contribution in [-0.2, 0) is 14.4 Å². The van der Waals surface area contributed by atoms with Crippen molar-refractivity contribution in [1.29, 1.82) is 0 Å². The Morgan fingerprint density at radius 2 is 1.58 bits per heavy atom. The van der Waals surface area contributed by atoms with Crippen LogP contribution < -0.4 is 10.6 Å². The van der Waals surface area contributed by atoms with Crippen LogP contribution in [0.2, 0.25) is 0 Å². The zero-order valence-electron chi connectivity index (χ0n) is 30.7. The van der Waals surface area contributed by atoms with Gasteiger partial charge in [0.25, 0.3) is 0 Å². The minimum absolute atomic E-state index is 0.0151. The molecule has 7 aliphatic carbocycles. The molecule has 8 unspecified atom stereocenters. The summed E-state index contributed by atoms with van der Waals surface area (Å²) in [6.07, 6.45) is 19.6. The molecule has 7 rings (SSSR count). The monoisotopic (exact) mass is 656 g/mol. The second-order valence-corrected chi connectivity index (χ2v) is 19.0. The molecule has 3 N–H and O–H groups in total. The largest absolute Gasteiger partial charge is 0.504 e. The predicted octanol–water partition coefficient (Wildman–Crippen LogP) is 8.45. The first-order valence-corrected chi connectivity index (χ1v) is 19.2. The lowest BCUT2D eigenvalue weighted by atomic mass is 9.39. The van der Waals surface area contributed by atoms with Gasteiger partial charge in [-0.3, -0.25) is 14.4 Å². The Hall–Kier alpha value is -2.63. The van der Waals surface area contributed by atoms with Gasteiger partial charge in [-0.2, -0.15) is 0 Å². The number of carbonyl (C=O) groups excluding carboxylic acids is 3. The van der Waals surface area contributed by atoms with Gasteiger partial charge in [0, 0.05) is 34.9 Å². The molecule has 48 heavy (non-hydrogen) atoms. The van der Waals surface area contributed by atoms with Crippen LogP contribution in [0.1, 0.15) is 132 Å². The van der Waals surface area contributed by atoms with Crippen molar-refractivity contribution in [1.82, 2.24) is 10.6 Å². The summed E-state index contributed by atoms with van der Waals surface area (Å²) in [4.78, 5) is 39.8. The van der Waals surface area contributed by atoms with Gasteiger partial charge < -0.3 is 15.7 Å². The zero-order chi connectivity index (χ0) is 34.4. The van der Waals surface area contributed by atoms with Crippen molar-refractivity contribution < 1.29 is 19.5 Å². The number of aliphatic hydroxyl groups excluding tert-OH is 1. The third kappa shape index (κ3) is 5.37. The highest BCUT2D eigenvalue weighted by Gasteiger charge is 2.62. The van der Waals surface area contributed by atoms with Gasteiger partial charge in [0.05, 0.1) is 0 Å². The van der Waals surface area contributed by atoms with Gasteiger partial charge in [0.2, 0.25) is 17.6 Å². The fourth-order valence-electron chi connectivity index (χ4n) is 12.8. The van der Waals surface area contributed by atoms with Crippen molar-refractivity contribution in [3.05, 3.63) is 46.3 Å². The molecule has 5 saturated carbocycles. The summed E-state index contributed by atoms with van der Waals surface area (Å²) in [6.45, 7) is 16.3. The van der Waals surface area contributed by atoms with Crippen molar-refractivity contribution >= 4 is 17.6 Å². The van der Waals surface area contributed by atoms with Gasteiger partial charge in [-0.05, 0) is 149 Å². The fourth-order valence-corrected chi connectivity index (χ4v) is 12.8. The first-order chi connectivity index (χ1) is 22.5.